The van der Waals surface area contributed by atoms with Crippen molar-refractivity contribution < 1.29 is 4.74 Å². The molecule has 0 bridgehead atoms. The third kappa shape index (κ3) is 6.72. The van der Waals surface area contributed by atoms with E-state index in [2.05, 4.69) is 41.7 Å². The molecule has 0 atom stereocenters. The van der Waals surface area contributed by atoms with Crippen molar-refractivity contribution in [2.75, 3.05) is 6.54 Å². The van der Waals surface area contributed by atoms with E-state index in [-0.39, 0.29) is 12.4 Å². The standard InChI is InChI=1S/C22H22ClNO.ClH/c23-21-10-6-18(7-11-21)14-15-24-16-19-8-12-22(13-9-19)25-17-20-4-2-1-3-5-20;/h1-13,24H,14-17H2;1H. The maximum atomic E-state index is 5.90. The average Bonchev–Trinajstić information content (AvgIpc) is 2.67. The lowest BCUT2D eigenvalue weighted by atomic mass is 10.1. The van der Waals surface area contributed by atoms with Crippen molar-refractivity contribution in [3.63, 3.8) is 0 Å². The molecule has 4 heteroatoms. The Labute approximate surface area is 166 Å². The molecule has 0 heterocycles. The van der Waals surface area contributed by atoms with E-state index in [1.807, 2.05) is 42.5 Å². The van der Waals surface area contributed by atoms with Crippen LogP contribution in [0.5, 0.6) is 5.75 Å². The molecule has 0 saturated heterocycles. The Kier molecular flexibility index (Phi) is 8.49. The minimum atomic E-state index is 0. The maximum Gasteiger partial charge on any atom is 0.119 e. The molecule has 3 rings (SSSR count). The van der Waals surface area contributed by atoms with Crippen molar-refractivity contribution in [1.29, 1.82) is 0 Å². The molecule has 0 spiro atoms. The van der Waals surface area contributed by atoms with E-state index in [1.54, 1.807) is 0 Å². The molecule has 3 aromatic rings. The molecule has 0 aromatic heterocycles. The van der Waals surface area contributed by atoms with Gasteiger partial charge in [-0.25, -0.2) is 0 Å². The van der Waals surface area contributed by atoms with E-state index >= 15 is 0 Å². The molecular formula is C22H23Cl2NO. The quantitative estimate of drug-likeness (QED) is 0.502. The molecule has 26 heavy (non-hydrogen) atoms. The predicted octanol–water partition coefficient (Wildman–Crippen LogP) is 5.67. The van der Waals surface area contributed by atoms with Crippen molar-refractivity contribution in [1.82, 2.24) is 5.32 Å². The second kappa shape index (κ2) is 10.9. The fourth-order valence-electron chi connectivity index (χ4n) is 2.56. The van der Waals surface area contributed by atoms with E-state index in [0.29, 0.717) is 6.61 Å². The molecule has 0 unspecified atom stereocenters. The highest BCUT2D eigenvalue weighted by Crippen LogP contribution is 2.14. The molecule has 0 aliphatic rings. The van der Waals surface area contributed by atoms with Crippen LogP contribution in [0.2, 0.25) is 5.02 Å². The normalized spacial score (nSPS) is 10.2. The highest BCUT2D eigenvalue weighted by molar-refractivity contribution is 6.30. The number of hydrogen-bond acceptors (Lipinski definition) is 2. The van der Waals surface area contributed by atoms with Gasteiger partial charge < -0.3 is 10.1 Å². The van der Waals surface area contributed by atoms with Gasteiger partial charge in [0.15, 0.2) is 0 Å². The van der Waals surface area contributed by atoms with Gasteiger partial charge in [-0.2, -0.15) is 0 Å². The van der Waals surface area contributed by atoms with E-state index in [0.717, 1.165) is 30.3 Å². The van der Waals surface area contributed by atoms with Crippen LogP contribution < -0.4 is 10.1 Å². The van der Waals surface area contributed by atoms with Gasteiger partial charge in [-0.3, -0.25) is 0 Å². The molecule has 0 amide bonds. The topological polar surface area (TPSA) is 21.3 Å². The summed E-state index contributed by atoms with van der Waals surface area (Å²) >= 11 is 5.90. The second-order valence-electron chi connectivity index (χ2n) is 5.97. The summed E-state index contributed by atoms with van der Waals surface area (Å²) in [5.41, 5.74) is 3.72. The molecule has 1 N–H and O–H groups in total. The first kappa shape index (κ1) is 20.3. The van der Waals surface area contributed by atoms with Crippen LogP contribution >= 0.6 is 24.0 Å². The summed E-state index contributed by atoms with van der Waals surface area (Å²) in [7, 11) is 0. The van der Waals surface area contributed by atoms with Gasteiger partial charge in [-0.1, -0.05) is 66.2 Å². The van der Waals surface area contributed by atoms with Crippen molar-refractivity contribution in [2.45, 2.75) is 19.6 Å². The van der Waals surface area contributed by atoms with Crippen LogP contribution in [-0.4, -0.2) is 6.54 Å². The Morgan fingerprint density at radius 2 is 1.38 bits per heavy atom. The van der Waals surface area contributed by atoms with E-state index < -0.39 is 0 Å². The number of ether oxygens (including phenoxy) is 1. The van der Waals surface area contributed by atoms with Crippen molar-refractivity contribution in [3.8, 4) is 5.75 Å². The summed E-state index contributed by atoms with van der Waals surface area (Å²) in [6.45, 7) is 2.39. The van der Waals surface area contributed by atoms with Gasteiger partial charge in [-0.15, -0.1) is 12.4 Å². The second-order valence-corrected chi connectivity index (χ2v) is 6.41. The summed E-state index contributed by atoms with van der Waals surface area (Å²) in [5, 5.41) is 4.25. The van der Waals surface area contributed by atoms with E-state index in [4.69, 9.17) is 16.3 Å². The monoisotopic (exact) mass is 387 g/mol. The minimum Gasteiger partial charge on any atom is -0.489 e. The molecule has 3 aromatic carbocycles. The first-order chi connectivity index (χ1) is 12.3. The van der Waals surface area contributed by atoms with Crippen LogP contribution in [0.25, 0.3) is 0 Å². The van der Waals surface area contributed by atoms with E-state index in [9.17, 15) is 0 Å². The number of hydrogen-bond donors (Lipinski definition) is 1. The smallest absolute Gasteiger partial charge is 0.119 e. The van der Waals surface area contributed by atoms with Gasteiger partial charge in [0.2, 0.25) is 0 Å². The van der Waals surface area contributed by atoms with Crippen LogP contribution in [0, 0.1) is 0 Å². The van der Waals surface area contributed by atoms with Gasteiger partial charge in [-0.05, 0) is 53.9 Å². The van der Waals surface area contributed by atoms with Crippen LogP contribution in [0.1, 0.15) is 16.7 Å². The Balaban J connectivity index is 0.00000243. The fraction of sp³-hybridized carbons (Fsp3) is 0.182. The lowest BCUT2D eigenvalue weighted by Crippen LogP contribution is -2.16. The van der Waals surface area contributed by atoms with Crippen molar-refractivity contribution in [3.05, 3.63) is 101 Å². The molecular weight excluding hydrogens is 365 g/mol. The van der Waals surface area contributed by atoms with Gasteiger partial charge in [0.1, 0.15) is 12.4 Å². The molecule has 2 nitrogen and oxygen atoms in total. The van der Waals surface area contributed by atoms with Gasteiger partial charge in [0, 0.05) is 11.6 Å². The molecule has 0 aliphatic carbocycles. The largest absolute Gasteiger partial charge is 0.489 e. The molecule has 0 fully saturated rings. The highest BCUT2D eigenvalue weighted by Gasteiger charge is 1.98. The zero-order chi connectivity index (χ0) is 17.3. The fourth-order valence-corrected chi connectivity index (χ4v) is 2.69. The Bertz CT molecular complexity index is 758. The van der Waals surface area contributed by atoms with Crippen LogP contribution in [0.3, 0.4) is 0 Å². The average molecular weight is 388 g/mol. The Hall–Kier alpha value is -2.00. The third-order valence-corrected chi connectivity index (χ3v) is 4.26. The lowest BCUT2D eigenvalue weighted by molar-refractivity contribution is 0.306. The maximum absolute atomic E-state index is 5.90. The van der Waals surface area contributed by atoms with Gasteiger partial charge >= 0.3 is 0 Å². The Morgan fingerprint density at radius 3 is 2.08 bits per heavy atom. The zero-order valence-corrected chi connectivity index (χ0v) is 16.1. The van der Waals surface area contributed by atoms with Crippen molar-refractivity contribution in [2.24, 2.45) is 0 Å². The van der Waals surface area contributed by atoms with Crippen molar-refractivity contribution >= 4 is 24.0 Å². The summed E-state index contributed by atoms with van der Waals surface area (Å²) in [4.78, 5) is 0. The lowest BCUT2D eigenvalue weighted by Gasteiger charge is -2.08. The molecule has 0 radical (unpaired) electrons. The third-order valence-electron chi connectivity index (χ3n) is 4.00. The number of rotatable bonds is 8. The van der Waals surface area contributed by atoms with Gasteiger partial charge in [0.05, 0.1) is 0 Å². The first-order valence-corrected chi connectivity index (χ1v) is 8.88. The molecule has 136 valence electrons. The number of halogens is 2. The first-order valence-electron chi connectivity index (χ1n) is 8.50. The zero-order valence-electron chi connectivity index (χ0n) is 14.5. The Morgan fingerprint density at radius 1 is 0.731 bits per heavy atom. The van der Waals surface area contributed by atoms with Crippen LogP contribution in [-0.2, 0) is 19.6 Å². The highest BCUT2D eigenvalue weighted by atomic mass is 35.5. The SMILES string of the molecule is Cl.Clc1ccc(CCNCc2ccc(OCc3ccccc3)cc2)cc1. The summed E-state index contributed by atoms with van der Waals surface area (Å²) in [5.74, 6) is 0.897. The van der Waals surface area contributed by atoms with Crippen LogP contribution in [0.4, 0.5) is 0 Å². The summed E-state index contributed by atoms with van der Waals surface area (Å²) < 4.78 is 5.81. The van der Waals surface area contributed by atoms with Crippen LogP contribution in [0.15, 0.2) is 78.9 Å². The number of benzene rings is 3. The number of nitrogens with one attached hydrogen (secondary N) is 1. The summed E-state index contributed by atoms with van der Waals surface area (Å²) in [6.07, 6.45) is 0.995. The minimum absolute atomic E-state index is 0. The van der Waals surface area contributed by atoms with E-state index in [1.165, 1.54) is 16.7 Å². The predicted molar refractivity (Wildman–Crippen MR) is 111 cm³/mol. The molecule has 0 saturated carbocycles. The summed E-state index contributed by atoms with van der Waals surface area (Å²) in [6, 6.07) is 26.5. The molecule has 0 aliphatic heterocycles. The van der Waals surface area contributed by atoms with Gasteiger partial charge in [0.25, 0.3) is 0 Å².